The average Bonchev–Trinajstić information content (AvgIpc) is 2.73. The van der Waals surface area contributed by atoms with Crippen LogP contribution < -0.4 is 10.2 Å². The van der Waals surface area contributed by atoms with Gasteiger partial charge in [-0.1, -0.05) is 29.8 Å². The number of benzene rings is 2. The van der Waals surface area contributed by atoms with Crippen LogP contribution in [-0.4, -0.2) is 18.3 Å². The van der Waals surface area contributed by atoms with Crippen LogP contribution in [-0.2, 0) is 15.9 Å². The van der Waals surface area contributed by atoms with Crippen LogP contribution in [0.5, 0.6) is 5.75 Å². The molecule has 3 rings (SSSR count). The van der Waals surface area contributed by atoms with E-state index >= 15 is 0 Å². The van der Waals surface area contributed by atoms with Gasteiger partial charge in [0, 0.05) is 16.6 Å². The fraction of sp³-hybridized carbons (Fsp3) is 0.368. The molecule has 0 saturated carbocycles. The van der Waals surface area contributed by atoms with E-state index in [1.807, 2.05) is 45.9 Å². The first-order valence-electron chi connectivity index (χ1n) is 8.20. The Kier molecular flexibility index (Phi) is 4.84. The Morgan fingerprint density at radius 1 is 1.04 bits per heavy atom. The fourth-order valence-corrected chi connectivity index (χ4v) is 2.80. The molecule has 25 heavy (non-hydrogen) atoms. The zero-order valence-electron chi connectivity index (χ0n) is 14.8. The lowest BCUT2D eigenvalue weighted by atomic mass is 9.78. The molecule has 1 heterocycles. The Labute approximate surface area is 153 Å². The summed E-state index contributed by atoms with van der Waals surface area (Å²) in [6, 6.07) is 11.7. The lowest BCUT2D eigenvalue weighted by Gasteiger charge is -2.32. The van der Waals surface area contributed by atoms with E-state index < -0.39 is 18.3 Å². The van der Waals surface area contributed by atoms with E-state index in [0.29, 0.717) is 16.2 Å². The summed E-state index contributed by atoms with van der Waals surface area (Å²) >= 11 is 5.99. The van der Waals surface area contributed by atoms with Crippen molar-refractivity contribution in [1.29, 1.82) is 0 Å². The smallest absolute Gasteiger partial charge is 0.489 e. The lowest BCUT2D eigenvalue weighted by Crippen LogP contribution is -2.41. The van der Waals surface area contributed by atoms with Gasteiger partial charge in [-0.3, -0.25) is 0 Å². The number of halogens is 2. The van der Waals surface area contributed by atoms with Gasteiger partial charge in [-0.2, -0.15) is 0 Å². The summed E-state index contributed by atoms with van der Waals surface area (Å²) in [7, 11) is -0.611. The second-order valence-electron chi connectivity index (χ2n) is 7.19. The van der Waals surface area contributed by atoms with Gasteiger partial charge in [0.15, 0.2) is 0 Å². The quantitative estimate of drug-likeness (QED) is 0.757. The average molecular weight is 363 g/mol. The van der Waals surface area contributed by atoms with Crippen LogP contribution in [0.15, 0.2) is 42.5 Å². The Balaban J connectivity index is 1.84. The third-order valence-electron chi connectivity index (χ3n) is 4.77. The molecule has 0 aromatic heterocycles. The zero-order chi connectivity index (χ0) is 18.2. The first-order valence-corrected chi connectivity index (χ1v) is 8.58. The lowest BCUT2D eigenvalue weighted by molar-refractivity contribution is 0.00578. The topological polar surface area (TPSA) is 27.7 Å². The van der Waals surface area contributed by atoms with Crippen LogP contribution in [0.4, 0.5) is 4.39 Å². The van der Waals surface area contributed by atoms with Crippen LogP contribution >= 0.6 is 11.6 Å². The number of ether oxygens (including phenoxy) is 1. The molecule has 0 radical (unpaired) electrons. The van der Waals surface area contributed by atoms with Crippen molar-refractivity contribution in [3.8, 4) is 5.75 Å². The van der Waals surface area contributed by atoms with Crippen molar-refractivity contribution < 1.29 is 18.4 Å². The van der Waals surface area contributed by atoms with Crippen LogP contribution in [0.1, 0.15) is 33.3 Å². The molecule has 1 aliphatic heterocycles. The number of hydrogen-bond donors (Lipinski definition) is 0. The molecule has 1 saturated heterocycles. The molecule has 132 valence electrons. The Morgan fingerprint density at radius 2 is 1.72 bits per heavy atom. The maximum absolute atomic E-state index is 13.7. The second-order valence-corrected chi connectivity index (χ2v) is 7.63. The fourth-order valence-electron chi connectivity index (χ4n) is 2.59. The molecule has 0 bridgehead atoms. The van der Waals surface area contributed by atoms with E-state index in [-0.39, 0.29) is 12.4 Å². The molecule has 2 aromatic carbocycles. The van der Waals surface area contributed by atoms with Crippen molar-refractivity contribution in [3.05, 3.63) is 58.9 Å². The van der Waals surface area contributed by atoms with Crippen LogP contribution in [0.2, 0.25) is 5.02 Å². The van der Waals surface area contributed by atoms with E-state index in [1.54, 1.807) is 12.1 Å². The molecule has 0 atom stereocenters. The van der Waals surface area contributed by atoms with Crippen molar-refractivity contribution in [2.24, 2.45) is 0 Å². The summed E-state index contributed by atoms with van der Waals surface area (Å²) in [6.07, 6.45) is 0. The second kappa shape index (κ2) is 6.63. The third-order valence-corrected chi connectivity index (χ3v) is 5.00. The molecule has 3 nitrogen and oxygen atoms in total. The van der Waals surface area contributed by atoms with E-state index in [2.05, 4.69) is 0 Å². The minimum Gasteiger partial charge on any atom is -0.489 e. The minimum absolute atomic E-state index is 0.274. The highest BCUT2D eigenvalue weighted by Crippen LogP contribution is 2.37. The largest absolute Gasteiger partial charge is 0.498 e. The van der Waals surface area contributed by atoms with Gasteiger partial charge in [-0.15, -0.1) is 0 Å². The van der Waals surface area contributed by atoms with Crippen molar-refractivity contribution in [1.82, 2.24) is 0 Å². The molecular weight excluding hydrogens is 341 g/mol. The van der Waals surface area contributed by atoms with Crippen molar-refractivity contribution in [2.75, 3.05) is 0 Å². The van der Waals surface area contributed by atoms with Gasteiger partial charge in [-0.05, 0) is 51.5 Å². The maximum Gasteiger partial charge on any atom is 0.498 e. The summed E-state index contributed by atoms with van der Waals surface area (Å²) in [5, 5.41) is 0.631. The van der Waals surface area contributed by atoms with E-state index in [1.165, 1.54) is 12.1 Å². The minimum atomic E-state index is -0.611. The molecule has 0 N–H and O–H groups in total. The highest BCUT2D eigenvalue weighted by atomic mass is 35.5. The van der Waals surface area contributed by atoms with Crippen LogP contribution in [0, 0.1) is 5.82 Å². The third kappa shape index (κ3) is 3.84. The van der Waals surface area contributed by atoms with Crippen LogP contribution in [0.25, 0.3) is 0 Å². The van der Waals surface area contributed by atoms with Gasteiger partial charge in [-0.25, -0.2) is 4.39 Å². The van der Waals surface area contributed by atoms with Gasteiger partial charge in [0.1, 0.15) is 18.2 Å². The Hall–Kier alpha value is -1.56. The molecule has 1 fully saturated rings. The van der Waals surface area contributed by atoms with E-state index in [4.69, 9.17) is 25.6 Å². The molecule has 0 aliphatic carbocycles. The predicted molar refractivity (Wildman–Crippen MR) is 97.9 cm³/mol. The molecule has 6 heteroatoms. The van der Waals surface area contributed by atoms with E-state index in [9.17, 15) is 4.39 Å². The molecule has 0 unspecified atom stereocenters. The number of hydrogen-bond acceptors (Lipinski definition) is 3. The maximum atomic E-state index is 13.7. The zero-order valence-corrected chi connectivity index (χ0v) is 15.6. The monoisotopic (exact) mass is 362 g/mol. The molecule has 2 aromatic rings. The highest BCUT2D eigenvalue weighted by molar-refractivity contribution is 6.63. The standard InChI is InChI=1S/C19H21BClFO3/c1-18(2)19(3,4)25-20(24-18)16-9-8-15(22)11-17(16)23-12-13-6-5-7-14(21)10-13/h5-11H,12H2,1-4H3. The summed E-state index contributed by atoms with van der Waals surface area (Å²) in [5.41, 5.74) is 0.616. The normalized spacial score (nSPS) is 18.4. The van der Waals surface area contributed by atoms with Crippen molar-refractivity contribution in [3.63, 3.8) is 0 Å². The van der Waals surface area contributed by atoms with Gasteiger partial charge in [0.05, 0.1) is 11.2 Å². The summed E-state index contributed by atoms with van der Waals surface area (Å²) in [4.78, 5) is 0. The first kappa shape index (κ1) is 18.2. The highest BCUT2D eigenvalue weighted by Gasteiger charge is 2.52. The van der Waals surface area contributed by atoms with Gasteiger partial charge < -0.3 is 14.0 Å². The number of rotatable bonds is 4. The molecular formula is C19H21BClFO3. The van der Waals surface area contributed by atoms with Gasteiger partial charge >= 0.3 is 7.12 Å². The summed E-state index contributed by atoms with van der Waals surface area (Å²) < 4.78 is 31.7. The summed E-state index contributed by atoms with van der Waals surface area (Å²) in [5.74, 6) is 0.0276. The van der Waals surface area contributed by atoms with E-state index in [0.717, 1.165) is 5.56 Å². The first-order chi connectivity index (χ1) is 11.7. The SMILES string of the molecule is CC1(C)OB(c2ccc(F)cc2OCc2cccc(Cl)c2)OC1(C)C. The van der Waals surface area contributed by atoms with Gasteiger partial charge in [0.2, 0.25) is 0 Å². The van der Waals surface area contributed by atoms with Crippen LogP contribution in [0.3, 0.4) is 0 Å². The van der Waals surface area contributed by atoms with Crippen molar-refractivity contribution in [2.45, 2.75) is 45.5 Å². The Morgan fingerprint density at radius 3 is 2.36 bits per heavy atom. The molecule has 0 amide bonds. The molecule has 1 aliphatic rings. The Bertz CT molecular complexity index is 763. The van der Waals surface area contributed by atoms with Crippen molar-refractivity contribution >= 4 is 24.2 Å². The molecule has 0 spiro atoms. The van der Waals surface area contributed by atoms with Gasteiger partial charge in [0.25, 0.3) is 0 Å². The summed E-state index contributed by atoms with van der Waals surface area (Å²) in [6.45, 7) is 8.18. The predicted octanol–water partition coefficient (Wildman–Crippen LogP) is 4.36.